The van der Waals surface area contributed by atoms with Gasteiger partial charge in [0, 0.05) is 41.1 Å². The van der Waals surface area contributed by atoms with Gasteiger partial charge in [0.05, 0.1) is 24.8 Å². The van der Waals surface area contributed by atoms with E-state index in [0.717, 1.165) is 24.5 Å². The summed E-state index contributed by atoms with van der Waals surface area (Å²) in [6.07, 6.45) is 2.57. The van der Waals surface area contributed by atoms with Crippen molar-refractivity contribution in [3.05, 3.63) is 81.0 Å². The molecule has 6 nitrogen and oxygen atoms in total. The monoisotopic (exact) mass is 468 g/mol. The van der Waals surface area contributed by atoms with Gasteiger partial charge in [0.1, 0.15) is 6.29 Å². The molecule has 2 N–H and O–H groups in total. The molecule has 2 aromatic rings. The normalized spacial score (nSPS) is 15.6. The summed E-state index contributed by atoms with van der Waals surface area (Å²) >= 11 is 13.7. The highest BCUT2D eigenvalue weighted by Crippen LogP contribution is 2.36. The number of nitrogens with zero attached hydrogens (tertiary/aromatic N) is 1. The Morgan fingerprint density at radius 2 is 1.93 bits per heavy atom. The molecule has 160 valence electrons. The van der Waals surface area contributed by atoms with Crippen LogP contribution in [0, 0.1) is 0 Å². The first-order valence-electron chi connectivity index (χ1n) is 9.03. The molecule has 0 aliphatic carbocycles. The number of hydrogen-bond acceptors (Lipinski definition) is 7. The van der Waals surface area contributed by atoms with Crippen molar-refractivity contribution < 1.29 is 19.4 Å². The highest BCUT2D eigenvalue weighted by molar-refractivity contribution is 7.95. The standard InChI is InChI=1S/C20H18Cl2N2O3S.CH4O/c1-2-27-20(26)17-11-24(10-13-3-5-14(12-25)6-4-13)28-23-19(17)16-8-7-15(21)9-18(16)22;1-2/h3-9,11-12,19,23H,2,10H2,1H3;2H,1H3. The van der Waals surface area contributed by atoms with Crippen LogP contribution in [0.2, 0.25) is 10.0 Å². The Morgan fingerprint density at radius 1 is 1.23 bits per heavy atom. The van der Waals surface area contributed by atoms with E-state index in [-0.39, 0.29) is 6.61 Å². The van der Waals surface area contributed by atoms with Gasteiger partial charge in [-0.1, -0.05) is 53.5 Å². The number of halogens is 2. The van der Waals surface area contributed by atoms with E-state index in [1.165, 1.54) is 12.1 Å². The first kappa shape index (κ1) is 24.2. The Morgan fingerprint density at radius 3 is 2.53 bits per heavy atom. The molecule has 0 spiro atoms. The summed E-state index contributed by atoms with van der Waals surface area (Å²) in [4.78, 5) is 23.4. The van der Waals surface area contributed by atoms with Gasteiger partial charge in [-0.25, -0.2) is 9.52 Å². The lowest BCUT2D eigenvalue weighted by atomic mass is 10.00. The number of hydrogen-bond donors (Lipinski definition) is 2. The fraction of sp³-hybridized carbons (Fsp3) is 0.238. The lowest BCUT2D eigenvalue weighted by Gasteiger charge is -2.31. The van der Waals surface area contributed by atoms with Gasteiger partial charge in [-0.3, -0.25) is 4.79 Å². The van der Waals surface area contributed by atoms with Gasteiger partial charge in [-0.2, -0.15) is 0 Å². The Hall–Kier alpha value is -2.03. The molecule has 0 saturated carbocycles. The van der Waals surface area contributed by atoms with E-state index in [2.05, 4.69) is 4.72 Å². The first-order valence-corrected chi connectivity index (χ1v) is 10.6. The van der Waals surface area contributed by atoms with Gasteiger partial charge in [0.25, 0.3) is 0 Å². The lowest BCUT2D eigenvalue weighted by Crippen LogP contribution is -2.32. The fourth-order valence-corrected chi connectivity index (χ4v) is 4.14. The second-order valence-electron chi connectivity index (χ2n) is 6.05. The van der Waals surface area contributed by atoms with Crippen LogP contribution in [-0.4, -0.2) is 35.4 Å². The topological polar surface area (TPSA) is 78.9 Å². The zero-order valence-electron chi connectivity index (χ0n) is 16.5. The number of rotatable bonds is 6. The fourth-order valence-electron chi connectivity index (χ4n) is 2.75. The van der Waals surface area contributed by atoms with Crippen molar-refractivity contribution in [2.24, 2.45) is 0 Å². The summed E-state index contributed by atoms with van der Waals surface area (Å²) in [6.45, 7) is 2.58. The number of carbonyl (C=O) groups is 2. The molecule has 1 aliphatic rings. The van der Waals surface area contributed by atoms with Crippen LogP contribution in [0.15, 0.2) is 54.2 Å². The van der Waals surface area contributed by atoms with Gasteiger partial charge >= 0.3 is 5.97 Å². The van der Waals surface area contributed by atoms with E-state index < -0.39 is 12.0 Å². The highest BCUT2D eigenvalue weighted by Gasteiger charge is 2.30. The van der Waals surface area contributed by atoms with Crippen LogP contribution >= 0.6 is 35.3 Å². The van der Waals surface area contributed by atoms with Crippen molar-refractivity contribution in [3.8, 4) is 0 Å². The van der Waals surface area contributed by atoms with Crippen LogP contribution in [0.25, 0.3) is 0 Å². The van der Waals surface area contributed by atoms with Crippen LogP contribution in [0.3, 0.4) is 0 Å². The average Bonchev–Trinajstić information content (AvgIpc) is 2.76. The molecule has 0 saturated heterocycles. The van der Waals surface area contributed by atoms with E-state index in [1.54, 1.807) is 43.5 Å². The van der Waals surface area contributed by atoms with E-state index in [1.807, 2.05) is 16.4 Å². The molecule has 9 heteroatoms. The molecule has 0 bridgehead atoms. The van der Waals surface area contributed by atoms with E-state index in [0.29, 0.717) is 27.7 Å². The molecule has 1 unspecified atom stereocenters. The SMILES string of the molecule is CCOC(=O)C1=CN(Cc2ccc(C=O)cc2)SNC1c1ccc(Cl)cc1Cl.CO. The Kier molecular flexibility index (Phi) is 9.68. The maximum Gasteiger partial charge on any atom is 0.337 e. The summed E-state index contributed by atoms with van der Waals surface area (Å²) in [5, 5.41) is 8.00. The molecule has 1 atom stereocenters. The van der Waals surface area contributed by atoms with E-state index in [9.17, 15) is 9.59 Å². The number of nitrogens with one attached hydrogen (secondary N) is 1. The second-order valence-corrected chi connectivity index (χ2v) is 7.78. The van der Waals surface area contributed by atoms with Crippen molar-refractivity contribution in [2.45, 2.75) is 19.5 Å². The Bertz CT molecular complexity index is 906. The van der Waals surface area contributed by atoms with Crippen LogP contribution in [-0.2, 0) is 16.1 Å². The molecule has 30 heavy (non-hydrogen) atoms. The number of ether oxygens (including phenoxy) is 1. The van der Waals surface area contributed by atoms with Gasteiger partial charge in [-0.05, 0) is 30.2 Å². The zero-order chi connectivity index (χ0) is 22.1. The molecule has 1 heterocycles. The summed E-state index contributed by atoms with van der Waals surface area (Å²) in [7, 11) is 1.00. The quantitative estimate of drug-likeness (QED) is 0.365. The maximum absolute atomic E-state index is 12.6. The number of aliphatic hydroxyl groups is 1. The van der Waals surface area contributed by atoms with Crippen molar-refractivity contribution in [3.63, 3.8) is 0 Å². The number of benzene rings is 2. The van der Waals surface area contributed by atoms with Gasteiger partial charge in [0.2, 0.25) is 0 Å². The molecule has 0 fully saturated rings. The van der Waals surface area contributed by atoms with Crippen molar-refractivity contribution in [1.82, 2.24) is 9.03 Å². The minimum Gasteiger partial charge on any atom is -0.463 e. The third-order valence-corrected chi connectivity index (χ3v) is 5.49. The van der Waals surface area contributed by atoms with E-state index >= 15 is 0 Å². The van der Waals surface area contributed by atoms with Crippen molar-refractivity contribution in [1.29, 1.82) is 0 Å². The van der Waals surface area contributed by atoms with Crippen LogP contribution in [0.4, 0.5) is 0 Å². The van der Waals surface area contributed by atoms with Crippen LogP contribution < -0.4 is 4.72 Å². The third-order valence-electron chi connectivity index (χ3n) is 4.12. The van der Waals surface area contributed by atoms with E-state index in [4.69, 9.17) is 33.0 Å². The molecule has 0 amide bonds. The predicted octanol–water partition coefficient (Wildman–Crippen LogP) is 4.57. The maximum atomic E-state index is 12.6. The third kappa shape index (κ3) is 6.23. The molecule has 0 radical (unpaired) electrons. The zero-order valence-corrected chi connectivity index (χ0v) is 18.8. The Balaban J connectivity index is 0.00000155. The van der Waals surface area contributed by atoms with Gasteiger partial charge in [-0.15, -0.1) is 0 Å². The van der Waals surface area contributed by atoms with Crippen molar-refractivity contribution in [2.75, 3.05) is 13.7 Å². The molecule has 3 rings (SSSR count). The van der Waals surface area contributed by atoms with Gasteiger partial charge < -0.3 is 14.1 Å². The summed E-state index contributed by atoms with van der Waals surface area (Å²) in [5.41, 5.74) is 2.82. The lowest BCUT2D eigenvalue weighted by molar-refractivity contribution is -0.139. The number of aldehydes is 1. The number of esters is 1. The van der Waals surface area contributed by atoms with Crippen molar-refractivity contribution >= 4 is 47.6 Å². The minimum atomic E-state index is -0.428. The number of carbonyl (C=O) groups excluding carboxylic acids is 2. The van der Waals surface area contributed by atoms with Crippen LogP contribution in [0.1, 0.15) is 34.5 Å². The number of aliphatic hydroxyl groups excluding tert-OH is 1. The average molecular weight is 469 g/mol. The predicted molar refractivity (Wildman–Crippen MR) is 120 cm³/mol. The Labute approximate surface area is 190 Å². The first-order chi connectivity index (χ1) is 14.5. The smallest absolute Gasteiger partial charge is 0.337 e. The van der Waals surface area contributed by atoms with Crippen LogP contribution in [0.5, 0.6) is 0 Å². The molecule has 1 aliphatic heterocycles. The molecular formula is C21H22Cl2N2O4S. The largest absolute Gasteiger partial charge is 0.463 e. The second kappa shape index (κ2) is 12.0. The summed E-state index contributed by atoms with van der Waals surface area (Å²) < 4.78 is 10.4. The molecular weight excluding hydrogens is 447 g/mol. The highest BCUT2D eigenvalue weighted by atomic mass is 35.5. The minimum absolute atomic E-state index is 0.275. The molecule has 0 aromatic heterocycles. The van der Waals surface area contributed by atoms with Gasteiger partial charge in [0.15, 0.2) is 0 Å². The summed E-state index contributed by atoms with van der Waals surface area (Å²) in [6, 6.07) is 12.0. The summed E-state index contributed by atoms with van der Waals surface area (Å²) in [5.74, 6) is -0.410. The molecule has 2 aromatic carbocycles.